The van der Waals surface area contributed by atoms with E-state index >= 15 is 0 Å². The number of carbonyl (C=O) groups excluding carboxylic acids is 2. The Morgan fingerprint density at radius 3 is 2.29 bits per heavy atom. The Hall–Kier alpha value is -3.00. The third-order valence-corrected chi connectivity index (χ3v) is 6.73. The number of para-hydroxylation sites is 1. The molecule has 3 heterocycles. The molecule has 0 spiro atoms. The number of benzene rings is 1. The summed E-state index contributed by atoms with van der Waals surface area (Å²) >= 11 is 0. The summed E-state index contributed by atoms with van der Waals surface area (Å²) in [4.78, 5) is 31.9. The fourth-order valence-corrected chi connectivity index (χ4v) is 4.84. The minimum absolute atomic E-state index is 0.0347. The first-order valence-corrected chi connectivity index (χ1v) is 12.8. The predicted molar refractivity (Wildman–Crippen MR) is 138 cm³/mol. The maximum absolute atomic E-state index is 12.9. The lowest BCUT2D eigenvalue weighted by atomic mass is 10.0. The lowest BCUT2D eigenvalue weighted by Gasteiger charge is -2.36. The van der Waals surface area contributed by atoms with E-state index in [4.69, 9.17) is 4.74 Å². The van der Waals surface area contributed by atoms with Crippen LogP contribution in [0, 0.1) is 0 Å². The number of nitrogens with one attached hydrogen (secondary N) is 1. The van der Waals surface area contributed by atoms with Gasteiger partial charge >= 0.3 is 6.09 Å². The molecule has 1 aromatic heterocycles. The van der Waals surface area contributed by atoms with Gasteiger partial charge in [0.2, 0.25) is 0 Å². The van der Waals surface area contributed by atoms with E-state index in [9.17, 15) is 9.59 Å². The number of amides is 2. The first kappa shape index (κ1) is 25.1. The topological polar surface area (TPSA) is 70.0 Å². The molecule has 2 saturated heterocycles. The Labute approximate surface area is 208 Å². The van der Waals surface area contributed by atoms with Crippen molar-refractivity contribution in [3.05, 3.63) is 54.4 Å². The van der Waals surface area contributed by atoms with E-state index < -0.39 is 5.60 Å². The van der Waals surface area contributed by atoms with Crippen LogP contribution in [0.1, 0.15) is 50.1 Å². The lowest BCUT2D eigenvalue weighted by molar-refractivity contribution is 0.0187. The fourth-order valence-electron chi connectivity index (χ4n) is 4.84. The number of piperazine rings is 1. The van der Waals surface area contributed by atoms with E-state index in [1.165, 1.54) is 5.69 Å². The number of rotatable bonds is 6. The molecule has 4 rings (SSSR count). The van der Waals surface area contributed by atoms with Crippen molar-refractivity contribution in [1.29, 1.82) is 0 Å². The number of nitrogens with zero attached hydrogens (tertiary/aromatic N) is 4. The average Bonchev–Trinajstić information content (AvgIpc) is 3.34. The van der Waals surface area contributed by atoms with Crippen molar-refractivity contribution in [3.8, 4) is 0 Å². The zero-order chi connectivity index (χ0) is 24.8. The molecule has 2 amide bonds. The van der Waals surface area contributed by atoms with Crippen LogP contribution in [0.4, 0.5) is 10.5 Å². The van der Waals surface area contributed by atoms with Gasteiger partial charge in [0, 0.05) is 70.3 Å². The maximum Gasteiger partial charge on any atom is 0.410 e. The number of ether oxygens (including phenoxy) is 1. The maximum atomic E-state index is 12.9. The smallest absolute Gasteiger partial charge is 0.410 e. The molecule has 0 unspecified atom stereocenters. The molecule has 0 saturated carbocycles. The van der Waals surface area contributed by atoms with E-state index in [1.807, 2.05) is 45.2 Å². The fraction of sp³-hybridized carbons (Fsp3) is 0.556. The van der Waals surface area contributed by atoms with Gasteiger partial charge in [-0.2, -0.15) is 0 Å². The summed E-state index contributed by atoms with van der Waals surface area (Å²) in [6.07, 6.45) is 3.33. The summed E-state index contributed by atoms with van der Waals surface area (Å²) < 4.78 is 7.57. The number of hydrogen-bond donors (Lipinski definition) is 1. The molecule has 35 heavy (non-hydrogen) atoms. The van der Waals surface area contributed by atoms with Crippen LogP contribution in [0.25, 0.3) is 0 Å². The Morgan fingerprint density at radius 2 is 1.63 bits per heavy atom. The third kappa shape index (κ3) is 6.78. The molecule has 2 fully saturated rings. The highest BCUT2D eigenvalue weighted by Gasteiger charge is 2.28. The minimum atomic E-state index is -0.491. The summed E-state index contributed by atoms with van der Waals surface area (Å²) in [5.74, 6) is -0.0347. The van der Waals surface area contributed by atoms with Crippen LogP contribution in [0.2, 0.25) is 0 Å². The highest BCUT2D eigenvalue weighted by atomic mass is 16.6. The van der Waals surface area contributed by atoms with Gasteiger partial charge in [0.05, 0.1) is 0 Å². The van der Waals surface area contributed by atoms with Crippen LogP contribution < -0.4 is 10.2 Å². The number of aromatic nitrogens is 1. The molecule has 8 heteroatoms. The second-order valence-corrected chi connectivity index (χ2v) is 10.4. The highest BCUT2D eigenvalue weighted by molar-refractivity contribution is 5.92. The van der Waals surface area contributed by atoms with Gasteiger partial charge in [-0.25, -0.2) is 4.79 Å². The first-order valence-electron chi connectivity index (χ1n) is 12.8. The molecular formula is C27H39N5O3. The Morgan fingerprint density at radius 1 is 0.943 bits per heavy atom. The molecule has 2 aliphatic rings. The summed E-state index contributed by atoms with van der Waals surface area (Å²) in [5, 5.41) is 3.11. The van der Waals surface area contributed by atoms with Gasteiger partial charge in [0.1, 0.15) is 11.3 Å². The number of carbonyl (C=O) groups is 2. The number of hydrogen-bond acceptors (Lipinski definition) is 5. The van der Waals surface area contributed by atoms with E-state index in [0.29, 0.717) is 25.3 Å². The molecule has 0 aliphatic carbocycles. The molecule has 190 valence electrons. The van der Waals surface area contributed by atoms with Crippen LogP contribution >= 0.6 is 0 Å². The molecule has 2 aliphatic heterocycles. The van der Waals surface area contributed by atoms with Crippen molar-refractivity contribution >= 4 is 17.7 Å². The van der Waals surface area contributed by atoms with Crippen LogP contribution in [0.5, 0.6) is 0 Å². The van der Waals surface area contributed by atoms with Crippen LogP contribution in [-0.4, -0.2) is 84.3 Å². The van der Waals surface area contributed by atoms with Gasteiger partial charge in [-0.15, -0.1) is 0 Å². The van der Waals surface area contributed by atoms with Gasteiger partial charge in [-0.3, -0.25) is 9.69 Å². The van der Waals surface area contributed by atoms with Crippen molar-refractivity contribution in [2.75, 3.05) is 57.3 Å². The zero-order valence-electron chi connectivity index (χ0n) is 21.3. The summed E-state index contributed by atoms with van der Waals surface area (Å²) in [5.41, 5.74) is 1.47. The Bertz CT molecular complexity index is 968. The summed E-state index contributed by atoms with van der Waals surface area (Å²) in [6.45, 7) is 12.4. The Balaban J connectivity index is 1.21. The molecule has 2 aromatic rings. The van der Waals surface area contributed by atoms with Crippen LogP contribution in [0.15, 0.2) is 48.7 Å². The van der Waals surface area contributed by atoms with E-state index in [0.717, 1.165) is 45.6 Å². The van der Waals surface area contributed by atoms with Gasteiger partial charge in [0.15, 0.2) is 0 Å². The summed E-state index contributed by atoms with van der Waals surface area (Å²) in [7, 11) is 0. The third-order valence-electron chi connectivity index (χ3n) is 6.73. The van der Waals surface area contributed by atoms with Crippen molar-refractivity contribution in [2.45, 2.75) is 45.3 Å². The number of anilines is 1. The first-order chi connectivity index (χ1) is 16.8. The van der Waals surface area contributed by atoms with Gasteiger partial charge in [0.25, 0.3) is 5.91 Å². The summed E-state index contributed by atoms with van der Waals surface area (Å²) in [6, 6.07) is 14.5. The monoisotopic (exact) mass is 481 g/mol. The van der Waals surface area contributed by atoms with Crippen molar-refractivity contribution in [3.63, 3.8) is 0 Å². The second kappa shape index (κ2) is 11.2. The molecule has 1 aromatic carbocycles. The SMILES string of the molecule is CC(C)(C)OC(=O)N1CCC(n2cccc2C(=O)NCCN2CCN(c3ccccc3)CC2)CC1. The number of likely N-dealkylation sites (tertiary alicyclic amines) is 1. The van der Waals surface area contributed by atoms with Crippen molar-refractivity contribution < 1.29 is 14.3 Å². The highest BCUT2D eigenvalue weighted by Crippen LogP contribution is 2.26. The van der Waals surface area contributed by atoms with E-state index in [2.05, 4.69) is 43.9 Å². The predicted octanol–water partition coefficient (Wildman–Crippen LogP) is 3.61. The zero-order valence-corrected chi connectivity index (χ0v) is 21.3. The normalized spacial score (nSPS) is 17.9. The molecule has 1 N–H and O–H groups in total. The minimum Gasteiger partial charge on any atom is -0.444 e. The van der Waals surface area contributed by atoms with Gasteiger partial charge in [-0.05, 0) is 57.9 Å². The van der Waals surface area contributed by atoms with Crippen LogP contribution in [-0.2, 0) is 4.74 Å². The lowest BCUT2D eigenvalue weighted by Crippen LogP contribution is -2.48. The van der Waals surface area contributed by atoms with Gasteiger partial charge < -0.3 is 24.4 Å². The largest absolute Gasteiger partial charge is 0.444 e. The van der Waals surface area contributed by atoms with E-state index in [1.54, 1.807) is 4.90 Å². The van der Waals surface area contributed by atoms with E-state index in [-0.39, 0.29) is 18.0 Å². The molecule has 0 atom stereocenters. The number of piperidine rings is 1. The van der Waals surface area contributed by atoms with Crippen molar-refractivity contribution in [2.24, 2.45) is 0 Å². The van der Waals surface area contributed by atoms with Crippen LogP contribution in [0.3, 0.4) is 0 Å². The van der Waals surface area contributed by atoms with Crippen molar-refractivity contribution in [1.82, 2.24) is 19.7 Å². The van der Waals surface area contributed by atoms with Gasteiger partial charge in [-0.1, -0.05) is 18.2 Å². The standard InChI is InChI=1S/C27H39N5O3/c1-27(2,3)35-26(34)31-15-11-23(12-16-31)32-14-7-10-24(32)25(33)28-13-17-29-18-20-30(21-19-29)22-8-5-4-6-9-22/h4-10,14,23H,11-13,15-21H2,1-3H3,(H,28,33). The molecular weight excluding hydrogens is 442 g/mol. The molecule has 8 nitrogen and oxygen atoms in total. The molecule has 0 radical (unpaired) electrons. The average molecular weight is 482 g/mol. The quantitative estimate of drug-likeness (QED) is 0.683. The Kier molecular flexibility index (Phi) is 8.00. The second-order valence-electron chi connectivity index (χ2n) is 10.4. The molecule has 0 bridgehead atoms.